The molecule has 0 atom stereocenters. The van der Waals surface area contributed by atoms with Crippen molar-refractivity contribution in [2.24, 2.45) is 0 Å². The van der Waals surface area contributed by atoms with E-state index in [2.05, 4.69) is 15.3 Å². The molecule has 0 radical (unpaired) electrons. The quantitative estimate of drug-likeness (QED) is 0.532. The molecule has 2 aromatic rings. The Morgan fingerprint density at radius 2 is 2.17 bits per heavy atom. The summed E-state index contributed by atoms with van der Waals surface area (Å²) in [6, 6.07) is 3.58. The van der Waals surface area contributed by atoms with Crippen LogP contribution in [0.15, 0.2) is 18.5 Å². The number of halogens is 2. The minimum absolute atomic E-state index is 0.0875. The van der Waals surface area contributed by atoms with E-state index in [1.165, 1.54) is 17.7 Å². The Morgan fingerprint density at radius 1 is 1.39 bits per heavy atom. The molecular formula is C9H6Cl2N4O2S. The number of nitrogens with one attached hydrogen (secondary N) is 1. The molecule has 18 heavy (non-hydrogen) atoms. The van der Waals surface area contributed by atoms with Gasteiger partial charge >= 0.3 is 5.69 Å². The molecule has 6 nitrogen and oxygen atoms in total. The van der Waals surface area contributed by atoms with E-state index in [0.717, 1.165) is 4.88 Å². The Bertz CT molecular complexity index is 590. The van der Waals surface area contributed by atoms with Crippen molar-refractivity contribution in [1.29, 1.82) is 0 Å². The lowest BCUT2D eigenvalue weighted by molar-refractivity contribution is -0.384. The molecule has 0 aliphatic rings. The highest BCUT2D eigenvalue weighted by molar-refractivity contribution is 7.16. The molecular weight excluding hydrogens is 299 g/mol. The number of aromatic nitrogens is 2. The molecule has 2 aromatic heterocycles. The molecule has 0 amide bonds. The number of nitrogens with zero attached hydrogens (tertiary/aromatic N) is 3. The summed E-state index contributed by atoms with van der Waals surface area (Å²) in [4.78, 5) is 18.5. The van der Waals surface area contributed by atoms with Crippen LogP contribution in [0.1, 0.15) is 4.88 Å². The van der Waals surface area contributed by atoms with E-state index in [-0.39, 0.29) is 16.7 Å². The zero-order chi connectivity index (χ0) is 13.1. The van der Waals surface area contributed by atoms with Crippen molar-refractivity contribution in [2.45, 2.75) is 6.54 Å². The molecule has 9 heteroatoms. The summed E-state index contributed by atoms with van der Waals surface area (Å²) in [7, 11) is 0. The Labute approximate surface area is 116 Å². The van der Waals surface area contributed by atoms with Crippen LogP contribution >= 0.6 is 34.5 Å². The van der Waals surface area contributed by atoms with Gasteiger partial charge in [-0.05, 0) is 12.1 Å². The molecule has 0 fully saturated rings. The lowest BCUT2D eigenvalue weighted by Gasteiger charge is -2.04. The number of nitro groups is 1. The maximum Gasteiger partial charge on any atom is 0.348 e. The van der Waals surface area contributed by atoms with Crippen molar-refractivity contribution in [3.8, 4) is 0 Å². The van der Waals surface area contributed by atoms with Crippen LogP contribution in [0.3, 0.4) is 0 Å². The van der Waals surface area contributed by atoms with Crippen LogP contribution in [-0.2, 0) is 6.54 Å². The summed E-state index contributed by atoms with van der Waals surface area (Å²) in [5.41, 5.74) is -0.332. The van der Waals surface area contributed by atoms with Gasteiger partial charge < -0.3 is 5.32 Å². The van der Waals surface area contributed by atoms with Crippen molar-refractivity contribution >= 4 is 46.0 Å². The van der Waals surface area contributed by atoms with Gasteiger partial charge in [0.05, 0.1) is 15.8 Å². The highest BCUT2D eigenvalue weighted by atomic mass is 35.5. The molecule has 0 saturated heterocycles. The second-order valence-electron chi connectivity index (χ2n) is 3.18. The van der Waals surface area contributed by atoms with Gasteiger partial charge in [-0.25, -0.2) is 9.97 Å². The zero-order valence-electron chi connectivity index (χ0n) is 8.76. The molecule has 2 heterocycles. The summed E-state index contributed by atoms with van der Waals surface area (Å²) in [5.74, 6) is 0.0875. The molecule has 94 valence electrons. The van der Waals surface area contributed by atoms with Gasteiger partial charge in [0.25, 0.3) is 0 Å². The number of thiophene rings is 1. The second kappa shape index (κ2) is 5.47. The predicted octanol–water partition coefficient (Wildman–Crippen LogP) is 3.37. The molecule has 2 rings (SSSR count). The van der Waals surface area contributed by atoms with E-state index < -0.39 is 4.92 Å². The van der Waals surface area contributed by atoms with Crippen molar-refractivity contribution in [3.05, 3.63) is 42.9 Å². The SMILES string of the molecule is O=[N+]([O-])c1c(Cl)ncnc1NCc1ccc(Cl)s1. The minimum Gasteiger partial charge on any atom is -0.359 e. The van der Waals surface area contributed by atoms with Crippen LogP contribution in [0, 0.1) is 10.1 Å². The van der Waals surface area contributed by atoms with Crippen LogP contribution in [0.25, 0.3) is 0 Å². The monoisotopic (exact) mass is 304 g/mol. The summed E-state index contributed by atoms with van der Waals surface area (Å²) in [6.07, 6.45) is 1.17. The molecule has 0 spiro atoms. The molecule has 0 bridgehead atoms. The Kier molecular flexibility index (Phi) is 3.95. The topological polar surface area (TPSA) is 81.0 Å². The average molecular weight is 305 g/mol. The fourth-order valence-corrected chi connectivity index (χ4v) is 2.50. The fourth-order valence-electron chi connectivity index (χ4n) is 1.27. The largest absolute Gasteiger partial charge is 0.359 e. The van der Waals surface area contributed by atoms with Gasteiger partial charge in [0.15, 0.2) is 0 Å². The van der Waals surface area contributed by atoms with Crippen molar-refractivity contribution < 1.29 is 4.92 Å². The van der Waals surface area contributed by atoms with Crippen LogP contribution < -0.4 is 5.32 Å². The predicted molar refractivity (Wildman–Crippen MR) is 70.4 cm³/mol. The summed E-state index contributed by atoms with van der Waals surface area (Å²) in [5, 5.41) is 13.5. The standard InChI is InChI=1S/C9H6Cl2N4O2S/c10-6-2-1-5(18-6)3-12-9-7(15(16)17)8(11)13-4-14-9/h1-2,4H,3H2,(H,12,13,14). The normalized spacial score (nSPS) is 10.3. The lowest BCUT2D eigenvalue weighted by Crippen LogP contribution is -2.05. The van der Waals surface area contributed by atoms with Crippen LogP contribution in [0.5, 0.6) is 0 Å². The third-order valence-electron chi connectivity index (χ3n) is 2.02. The molecule has 0 aliphatic carbocycles. The summed E-state index contributed by atoms with van der Waals surface area (Å²) in [6.45, 7) is 0.381. The van der Waals surface area contributed by atoms with E-state index >= 15 is 0 Å². The highest BCUT2D eigenvalue weighted by Crippen LogP contribution is 2.29. The molecule has 0 aliphatic heterocycles. The first-order valence-electron chi connectivity index (χ1n) is 4.71. The van der Waals surface area contributed by atoms with Crippen molar-refractivity contribution in [1.82, 2.24) is 9.97 Å². The maximum atomic E-state index is 10.8. The van der Waals surface area contributed by atoms with Crippen molar-refractivity contribution in [3.63, 3.8) is 0 Å². The van der Waals surface area contributed by atoms with Gasteiger partial charge in [-0.1, -0.05) is 23.2 Å². The van der Waals surface area contributed by atoms with Gasteiger partial charge in [0.1, 0.15) is 6.33 Å². The molecule has 0 saturated carbocycles. The first-order chi connectivity index (χ1) is 8.58. The third kappa shape index (κ3) is 2.87. The van der Waals surface area contributed by atoms with Gasteiger partial charge in [-0.15, -0.1) is 11.3 Å². The van der Waals surface area contributed by atoms with Crippen molar-refractivity contribution in [2.75, 3.05) is 5.32 Å². The third-order valence-corrected chi connectivity index (χ3v) is 3.53. The summed E-state index contributed by atoms with van der Waals surface area (Å²) < 4.78 is 0.655. The van der Waals surface area contributed by atoms with E-state index in [0.29, 0.717) is 10.9 Å². The Balaban J connectivity index is 2.19. The minimum atomic E-state index is -0.619. The maximum absolute atomic E-state index is 10.8. The smallest absolute Gasteiger partial charge is 0.348 e. The van der Waals surface area contributed by atoms with Gasteiger partial charge in [0.2, 0.25) is 11.0 Å². The molecule has 0 aromatic carbocycles. The van der Waals surface area contributed by atoms with Crippen LogP contribution in [-0.4, -0.2) is 14.9 Å². The van der Waals surface area contributed by atoms with Crippen LogP contribution in [0.4, 0.5) is 11.5 Å². The van der Waals surface area contributed by atoms with Gasteiger partial charge in [-0.3, -0.25) is 10.1 Å². The average Bonchev–Trinajstić information content (AvgIpc) is 2.72. The number of anilines is 1. The van der Waals surface area contributed by atoms with E-state index in [9.17, 15) is 10.1 Å². The highest BCUT2D eigenvalue weighted by Gasteiger charge is 2.21. The van der Waals surface area contributed by atoms with E-state index in [1.54, 1.807) is 6.07 Å². The van der Waals surface area contributed by atoms with E-state index in [1.807, 2.05) is 6.07 Å². The Hall–Kier alpha value is -1.44. The first kappa shape index (κ1) is 13.0. The molecule has 1 N–H and O–H groups in total. The second-order valence-corrected chi connectivity index (χ2v) is 5.34. The van der Waals surface area contributed by atoms with Gasteiger partial charge in [0, 0.05) is 4.88 Å². The van der Waals surface area contributed by atoms with Crippen LogP contribution in [0.2, 0.25) is 9.49 Å². The lowest BCUT2D eigenvalue weighted by atomic mass is 10.4. The summed E-state index contributed by atoms with van der Waals surface area (Å²) >= 11 is 12.8. The number of hydrogen-bond donors (Lipinski definition) is 1. The first-order valence-corrected chi connectivity index (χ1v) is 6.28. The Morgan fingerprint density at radius 3 is 2.78 bits per heavy atom. The van der Waals surface area contributed by atoms with E-state index in [4.69, 9.17) is 23.2 Å². The fraction of sp³-hybridized carbons (Fsp3) is 0.111. The molecule has 0 unspecified atom stereocenters. The zero-order valence-corrected chi connectivity index (χ0v) is 11.1. The number of hydrogen-bond acceptors (Lipinski definition) is 6. The van der Waals surface area contributed by atoms with Gasteiger partial charge in [-0.2, -0.15) is 0 Å². The number of rotatable bonds is 4.